The Labute approximate surface area is 201 Å². The van der Waals surface area contributed by atoms with Crippen LogP contribution >= 0.6 is 11.7 Å². The van der Waals surface area contributed by atoms with Gasteiger partial charge >= 0.3 is 6.16 Å². The number of benzene rings is 1. The third kappa shape index (κ3) is 7.01. The van der Waals surface area contributed by atoms with E-state index in [2.05, 4.69) is 28.8 Å². The standard InChI is InChI=1S/C25H36N3O4S/c1-4-6-7-11-18-30-23-22(26-33-27-23)21-15-12-16-28(3,19-21)24(20-13-9-8-10-14-20)32-25(29)31-17-5-2/h8-10,13-15,24H,4-7,11-12,16-19H2,1-3H3/q+1. The van der Waals surface area contributed by atoms with Crippen LogP contribution < -0.4 is 4.74 Å². The summed E-state index contributed by atoms with van der Waals surface area (Å²) < 4.78 is 26.6. The van der Waals surface area contributed by atoms with E-state index in [1.54, 1.807) is 0 Å². The second-order valence-electron chi connectivity index (χ2n) is 8.69. The number of hydrogen-bond acceptors (Lipinski definition) is 7. The second-order valence-corrected chi connectivity index (χ2v) is 9.21. The molecule has 0 amide bonds. The minimum absolute atomic E-state index is 0.346. The molecule has 33 heavy (non-hydrogen) atoms. The molecule has 7 nitrogen and oxygen atoms in total. The summed E-state index contributed by atoms with van der Waals surface area (Å²) in [6.07, 6.45) is 7.28. The number of unbranched alkanes of at least 4 members (excludes halogenated alkanes) is 3. The highest BCUT2D eigenvalue weighted by molar-refractivity contribution is 6.99. The molecule has 0 bridgehead atoms. The molecular weight excluding hydrogens is 438 g/mol. The quantitative estimate of drug-likeness (QED) is 0.214. The van der Waals surface area contributed by atoms with Crippen LogP contribution in [0.1, 0.15) is 69.9 Å². The summed E-state index contributed by atoms with van der Waals surface area (Å²) in [5.41, 5.74) is 2.82. The van der Waals surface area contributed by atoms with Crippen molar-refractivity contribution >= 4 is 23.5 Å². The fraction of sp³-hybridized carbons (Fsp3) is 0.560. The van der Waals surface area contributed by atoms with Gasteiger partial charge in [0.15, 0.2) is 0 Å². The van der Waals surface area contributed by atoms with Crippen LogP contribution in [0, 0.1) is 0 Å². The molecule has 1 aliphatic heterocycles. The summed E-state index contributed by atoms with van der Waals surface area (Å²) >= 11 is 1.17. The first-order valence-corrected chi connectivity index (χ1v) is 12.7. The Bertz CT molecular complexity index is 902. The van der Waals surface area contributed by atoms with Gasteiger partial charge in [0, 0.05) is 12.0 Å². The topological polar surface area (TPSA) is 70.5 Å². The van der Waals surface area contributed by atoms with Gasteiger partial charge in [0.25, 0.3) is 12.1 Å². The van der Waals surface area contributed by atoms with Gasteiger partial charge in [-0.2, -0.15) is 4.37 Å². The summed E-state index contributed by atoms with van der Waals surface area (Å²) in [4.78, 5) is 12.4. The molecule has 3 rings (SSSR count). The molecule has 0 saturated heterocycles. The molecule has 0 radical (unpaired) electrons. The Morgan fingerprint density at radius 1 is 1.09 bits per heavy atom. The predicted octanol–water partition coefficient (Wildman–Crippen LogP) is 5.99. The average Bonchev–Trinajstić information content (AvgIpc) is 3.30. The van der Waals surface area contributed by atoms with Crippen molar-refractivity contribution in [1.82, 2.24) is 8.75 Å². The van der Waals surface area contributed by atoms with Gasteiger partial charge in [0.2, 0.25) is 0 Å². The summed E-state index contributed by atoms with van der Waals surface area (Å²) in [6.45, 7) is 6.63. The lowest BCUT2D eigenvalue weighted by Crippen LogP contribution is -2.51. The first kappa shape index (κ1) is 25.2. The normalized spacial score (nSPS) is 18.9. The van der Waals surface area contributed by atoms with Crippen LogP contribution in [0.25, 0.3) is 5.57 Å². The molecule has 0 spiro atoms. The summed E-state index contributed by atoms with van der Waals surface area (Å²) in [7, 11) is 2.11. The molecule has 2 aromatic rings. The molecule has 0 aliphatic carbocycles. The second kappa shape index (κ2) is 12.7. The molecule has 2 unspecified atom stereocenters. The number of quaternary nitrogens is 1. The molecular formula is C25H36N3O4S+. The number of ether oxygens (including phenoxy) is 3. The van der Waals surface area contributed by atoms with E-state index in [0.29, 0.717) is 30.1 Å². The molecule has 1 aliphatic rings. The van der Waals surface area contributed by atoms with Gasteiger partial charge in [0.05, 0.1) is 44.1 Å². The molecule has 2 atom stereocenters. The fourth-order valence-corrected chi connectivity index (χ4v) is 4.62. The molecule has 8 heteroatoms. The minimum atomic E-state index is -0.632. The number of hydrogen-bond donors (Lipinski definition) is 0. The first-order valence-electron chi connectivity index (χ1n) is 11.9. The Morgan fingerprint density at radius 2 is 1.91 bits per heavy atom. The van der Waals surface area contributed by atoms with E-state index < -0.39 is 12.4 Å². The van der Waals surface area contributed by atoms with Crippen molar-refractivity contribution in [3.63, 3.8) is 0 Å². The van der Waals surface area contributed by atoms with Gasteiger partial charge in [-0.05, 0) is 25.0 Å². The lowest BCUT2D eigenvalue weighted by molar-refractivity contribution is -0.953. The molecule has 0 N–H and O–H groups in total. The van der Waals surface area contributed by atoms with E-state index in [-0.39, 0.29) is 0 Å². The number of aromatic nitrogens is 2. The molecule has 0 saturated carbocycles. The Hall–Kier alpha value is -2.45. The first-order chi connectivity index (χ1) is 16.1. The van der Waals surface area contributed by atoms with Crippen LogP contribution in [0.3, 0.4) is 0 Å². The van der Waals surface area contributed by atoms with Crippen molar-refractivity contribution in [2.45, 2.75) is 58.6 Å². The van der Waals surface area contributed by atoms with Gasteiger partial charge in [-0.1, -0.05) is 57.4 Å². The van der Waals surface area contributed by atoms with Gasteiger partial charge in [-0.3, -0.25) is 4.48 Å². The van der Waals surface area contributed by atoms with Crippen LogP contribution in [-0.2, 0) is 9.47 Å². The largest absolute Gasteiger partial charge is 0.513 e. The zero-order valence-electron chi connectivity index (χ0n) is 20.0. The molecule has 180 valence electrons. The summed E-state index contributed by atoms with van der Waals surface area (Å²) in [5.74, 6) is 0.607. The van der Waals surface area contributed by atoms with E-state index in [9.17, 15) is 4.79 Å². The number of nitrogens with zero attached hydrogens (tertiary/aromatic N) is 3. The van der Waals surface area contributed by atoms with E-state index in [0.717, 1.165) is 49.1 Å². The maximum Gasteiger partial charge on any atom is 0.513 e. The van der Waals surface area contributed by atoms with Gasteiger partial charge in [-0.25, -0.2) is 4.79 Å². The summed E-state index contributed by atoms with van der Waals surface area (Å²) in [5, 5.41) is 0. The zero-order valence-corrected chi connectivity index (χ0v) is 20.8. The number of rotatable bonds is 12. The third-order valence-corrected chi connectivity index (χ3v) is 6.36. The fourth-order valence-electron chi connectivity index (χ4n) is 4.09. The molecule has 1 aromatic carbocycles. The SMILES string of the molecule is CCCCCCOc1nsnc1C1=CCC[N+](C)(C(OC(=O)OCCC)c2ccccc2)C1. The average molecular weight is 475 g/mol. The molecule has 1 aromatic heterocycles. The molecule has 2 heterocycles. The van der Waals surface area contributed by atoms with Crippen LogP contribution in [0.5, 0.6) is 5.88 Å². The summed E-state index contributed by atoms with van der Waals surface area (Å²) in [6, 6.07) is 9.88. The van der Waals surface area contributed by atoms with Crippen molar-refractivity contribution in [2.24, 2.45) is 0 Å². The molecule has 0 fully saturated rings. The number of carbonyl (C=O) groups excluding carboxylic acids is 1. The Kier molecular flexibility index (Phi) is 9.69. The Morgan fingerprint density at radius 3 is 2.67 bits per heavy atom. The highest BCUT2D eigenvalue weighted by Crippen LogP contribution is 2.37. The van der Waals surface area contributed by atoms with Crippen LogP contribution in [-0.4, -0.2) is 52.7 Å². The van der Waals surface area contributed by atoms with Crippen LogP contribution in [0.2, 0.25) is 0 Å². The van der Waals surface area contributed by atoms with E-state index in [1.807, 2.05) is 37.3 Å². The van der Waals surface area contributed by atoms with E-state index >= 15 is 0 Å². The van der Waals surface area contributed by atoms with E-state index in [4.69, 9.17) is 14.2 Å². The highest BCUT2D eigenvalue weighted by atomic mass is 32.1. The lowest BCUT2D eigenvalue weighted by Gasteiger charge is -2.42. The van der Waals surface area contributed by atoms with Crippen molar-refractivity contribution < 1.29 is 23.5 Å². The van der Waals surface area contributed by atoms with Crippen molar-refractivity contribution in [1.29, 1.82) is 0 Å². The monoisotopic (exact) mass is 474 g/mol. The highest BCUT2D eigenvalue weighted by Gasteiger charge is 2.41. The van der Waals surface area contributed by atoms with Crippen molar-refractivity contribution in [3.05, 3.63) is 47.7 Å². The maximum absolute atomic E-state index is 12.4. The zero-order chi connectivity index (χ0) is 23.5. The van der Waals surface area contributed by atoms with Crippen LogP contribution in [0.4, 0.5) is 4.79 Å². The third-order valence-electron chi connectivity index (χ3n) is 5.84. The van der Waals surface area contributed by atoms with Crippen molar-refractivity contribution in [3.8, 4) is 5.88 Å². The maximum atomic E-state index is 12.4. The number of likely N-dealkylation sites (N-methyl/N-ethyl adjacent to an activating group) is 1. The minimum Gasteiger partial charge on any atom is -0.475 e. The van der Waals surface area contributed by atoms with Gasteiger partial charge in [0.1, 0.15) is 12.2 Å². The lowest BCUT2D eigenvalue weighted by atomic mass is 10.0. The van der Waals surface area contributed by atoms with Gasteiger partial charge in [-0.15, -0.1) is 4.37 Å². The van der Waals surface area contributed by atoms with Crippen molar-refractivity contribution in [2.75, 3.05) is 33.4 Å². The smallest absolute Gasteiger partial charge is 0.475 e. The number of carbonyl (C=O) groups is 1. The Balaban J connectivity index is 1.76. The predicted molar refractivity (Wildman–Crippen MR) is 130 cm³/mol. The van der Waals surface area contributed by atoms with E-state index in [1.165, 1.54) is 24.6 Å². The van der Waals surface area contributed by atoms with Gasteiger partial charge < -0.3 is 14.2 Å². The van der Waals surface area contributed by atoms with Crippen LogP contribution in [0.15, 0.2) is 36.4 Å².